The van der Waals surface area contributed by atoms with Crippen LogP contribution in [0.4, 0.5) is 0 Å². The summed E-state index contributed by atoms with van der Waals surface area (Å²) >= 11 is 0. The number of fused-ring (bicyclic) bond motifs is 1. The largest absolute Gasteiger partial charge is 0.341 e. The highest BCUT2D eigenvalue weighted by molar-refractivity contribution is 5.75. The van der Waals surface area contributed by atoms with Crippen LogP contribution in [0.25, 0.3) is 11.0 Å². The van der Waals surface area contributed by atoms with E-state index in [0.29, 0.717) is 12.1 Å². The summed E-state index contributed by atoms with van der Waals surface area (Å²) in [6.45, 7) is 4.39. The minimum Gasteiger partial charge on any atom is -0.341 e. The molecule has 1 atom stereocenters. The zero-order chi connectivity index (χ0) is 14.1. The summed E-state index contributed by atoms with van der Waals surface area (Å²) in [6.07, 6.45) is 6.82. The fourth-order valence-electron chi connectivity index (χ4n) is 3.34. The number of hydrogen-bond acceptors (Lipinski definition) is 2. The van der Waals surface area contributed by atoms with Gasteiger partial charge in [-0.05, 0) is 51.4 Å². The van der Waals surface area contributed by atoms with Crippen molar-refractivity contribution in [2.45, 2.75) is 58.0 Å². The molecular formula is C17H25N3. The van der Waals surface area contributed by atoms with Crippen molar-refractivity contribution in [2.24, 2.45) is 0 Å². The molecule has 0 aliphatic heterocycles. The van der Waals surface area contributed by atoms with Crippen LogP contribution in [-0.4, -0.2) is 28.0 Å². The maximum absolute atomic E-state index is 4.77. The van der Waals surface area contributed by atoms with Gasteiger partial charge in [0.05, 0.1) is 17.1 Å². The lowest BCUT2D eigenvalue weighted by atomic mass is 9.93. The van der Waals surface area contributed by atoms with E-state index in [2.05, 4.69) is 49.0 Å². The molecule has 3 nitrogen and oxygen atoms in total. The smallest absolute Gasteiger partial charge is 0.124 e. The molecule has 1 fully saturated rings. The van der Waals surface area contributed by atoms with Gasteiger partial charge in [-0.15, -0.1) is 0 Å². The maximum Gasteiger partial charge on any atom is 0.124 e. The molecular weight excluding hydrogens is 246 g/mol. The highest BCUT2D eigenvalue weighted by Crippen LogP contribution is 2.28. The minimum absolute atomic E-state index is 0.353. The minimum atomic E-state index is 0.353. The van der Waals surface area contributed by atoms with E-state index in [1.165, 1.54) is 37.7 Å². The maximum atomic E-state index is 4.77. The standard InChI is InChI=1S/C17H25N3/c1-12-9-10-15-16(11-12)19-17(18-15)13(2)20(3)14-7-5-4-6-8-14/h9-11,13-14H,4-8H2,1-3H3,(H,18,19). The van der Waals surface area contributed by atoms with E-state index in [-0.39, 0.29) is 0 Å². The number of aromatic nitrogens is 2. The zero-order valence-electron chi connectivity index (χ0n) is 12.8. The van der Waals surface area contributed by atoms with Crippen LogP contribution < -0.4 is 0 Å². The van der Waals surface area contributed by atoms with Gasteiger partial charge in [0, 0.05) is 6.04 Å². The van der Waals surface area contributed by atoms with Gasteiger partial charge in [0.15, 0.2) is 0 Å². The van der Waals surface area contributed by atoms with Gasteiger partial charge in [-0.1, -0.05) is 25.3 Å². The van der Waals surface area contributed by atoms with Crippen molar-refractivity contribution >= 4 is 11.0 Å². The van der Waals surface area contributed by atoms with Crippen LogP contribution in [0.3, 0.4) is 0 Å². The van der Waals surface area contributed by atoms with Gasteiger partial charge >= 0.3 is 0 Å². The molecule has 2 aromatic rings. The topological polar surface area (TPSA) is 31.9 Å². The molecule has 1 aliphatic carbocycles. The van der Waals surface area contributed by atoms with Crippen LogP contribution in [0, 0.1) is 6.92 Å². The summed E-state index contributed by atoms with van der Waals surface area (Å²) < 4.78 is 0. The highest BCUT2D eigenvalue weighted by atomic mass is 15.2. The third-order valence-electron chi connectivity index (χ3n) is 4.81. The third kappa shape index (κ3) is 2.59. The van der Waals surface area contributed by atoms with E-state index in [1.807, 2.05) is 0 Å². The molecule has 108 valence electrons. The average Bonchev–Trinajstić information content (AvgIpc) is 2.89. The number of imidazole rings is 1. The Morgan fingerprint density at radius 1 is 1.25 bits per heavy atom. The molecule has 1 unspecified atom stereocenters. The molecule has 0 radical (unpaired) electrons. The van der Waals surface area contributed by atoms with Gasteiger partial charge in [-0.2, -0.15) is 0 Å². The summed E-state index contributed by atoms with van der Waals surface area (Å²) in [5.41, 5.74) is 3.51. The Kier molecular flexibility index (Phi) is 3.79. The Morgan fingerprint density at radius 2 is 2.00 bits per heavy atom. The van der Waals surface area contributed by atoms with Crippen molar-refractivity contribution in [1.29, 1.82) is 0 Å². The molecule has 0 bridgehead atoms. The van der Waals surface area contributed by atoms with E-state index in [1.54, 1.807) is 0 Å². The Bertz CT molecular complexity index is 581. The summed E-state index contributed by atoms with van der Waals surface area (Å²) in [5.74, 6) is 1.10. The van der Waals surface area contributed by atoms with Gasteiger partial charge < -0.3 is 4.98 Å². The fourth-order valence-corrected chi connectivity index (χ4v) is 3.34. The number of aryl methyl sites for hydroxylation is 1. The second-order valence-electron chi connectivity index (χ2n) is 6.28. The van der Waals surface area contributed by atoms with Crippen LogP contribution in [0.5, 0.6) is 0 Å². The van der Waals surface area contributed by atoms with Crippen molar-refractivity contribution in [3.8, 4) is 0 Å². The molecule has 1 N–H and O–H groups in total. The van der Waals surface area contributed by atoms with Gasteiger partial charge in [-0.25, -0.2) is 4.98 Å². The number of H-pyrrole nitrogens is 1. The van der Waals surface area contributed by atoms with Crippen molar-refractivity contribution in [1.82, 2.24) is 14.9 Å². The Labute approximate surface area is 121 Å². The van der Waals surface area contributed by atoms with Crippen LogP contribution in [-0.2, 0) is 0 Å². The summed E-state index contributed by atoms with van der Waals surface area (Å²) in [5, 5.41) is 0. The van der Waals surface area contributed by atoms with Crippen molar-refractivity contribution in [2.75, 3.05) is 7.05 Å². The van der Waals surface area contributed by atoms with Crippen molar-refractivity contribution in [3.05, 3.63) is 29.6 Å². The first-order valence-electron chi connectivity index (χ1n) is 7.83. The second-order valence-corrected chi connectivity index (χ2v) is 6.28. The monoisotopic (exact) mass is 271 g/mol. The van der Waals surface area contributed by atoms with E-state index in [4.69, 9.17) is 4.98 Å². The van der Waals surface area contributed by atoms with Crippen LogP contribution in [0.1, 0.15) is 56.5 Å². The molecule has 20 heavy (non-hydrogen) atoms. The Hall–Kier alpha value is -1.35. The molecule has 1 aromatic heterocycles. The Morgan fingerprint density at radius 3 is 2.75 bits per heavy atom. The zero-order valence-corrected chi connectivity index (χ0v) is 12.8. The fraction of sp³-hybridized carbons (Fsp3) is 0.588. The van der Waals surface area contributed by atoms with E-state index >= 15 is 0 Å². The molecule has 1 saturated carbocycles. The molecule has 1 aliphatic rings. The molecule has 1 heterocycles. The van der Waals surface area contributed by atoms with Crippen molar-refractivity contribution < 1.29 is 0 Å². The lowest BCUT2D eigenvalue weighted by Crippen LogP contribution is -2.35. The lowest BCUT2D eigenvalue weighted by Gasteiger charge is -2.34. The van der Waals surface area contributed by atoms with Crippen LogP contribution >= 0.6 is 0 Å². The van der Waals surface area contributed by atoms with Crippen LogP contribution in [0.2, 0.25) is 0 Å². The van der Waals surface area contributed by atoms with Crippen LogP contribution in [0.15, 0.2) is 18.2 Å². The number of benzene rings is 1. The predicted molar refractivity (Wildman–Crippen MR) is 83.9 cm³/mol. The Balaban J connectivity index is 1.81. The van der Waals surface area contributed by atoms with E-state index in [0.717, 1.165) is 16.9 Å². The normalized spacial score (nSPS) is 18.8. The quantitative estimate of drug-likeness (QED) is 0.907. The number of aromatic amines is 1. The molecule has 3 rings (SSSR count). The first-order valence-corrected chi connectivity index (χ1v) is 7.83. The number of rotatable bonds is 3. The summed E-state index contributed by atoms with van der Waals surface area (Å²) in [6, 6.07) is 7.49. The molecule has 0 amide bonds. The van der Waals surface area contributed by atoms with Gasteiger partial charge in [0.2, 0.25) is 0 Å². The van der Waals surface area contributed by atoms with E-state index < -0.39 is 0 Å². The summed E-state index contributed by atoms with van der Waals surface area (Å²) in [7, 11) is 2.25. The SMILES string of the molecule is Cc1ccc2nc(C(C)N(C)C3CCCCC3)[nH]c2c1. The van der Waals surface area contributed by atoms with Gasteiger partial charge in [0.25, 0.3) is 0 Å². The molecule has 3 heteroatoms. The predicted octanol–water partition coefficient (Wildman–Crippen LogP) is 4.20. The third-order valence-corrected chi connectivity index (χ3v) is 4.81. The number of hydrogen-bond donors (Lipinski definition) is 1. The first kappa shape index (κ1) is 13.6. The number of nitrogens with one attached hydrogen (secondary N) is 1. The molecule has 0 spiro atoms. The second kappa shape index (κ2) is 5.57. The first-order chi connectivity index (χ1) is 9.65. The van der Waals surface area contributed by atoms with Gasteiger partial charge in [0.1, 0.15) is 5.82 Å². The highest BCUT2D eigenvalue weighted by Gasteiger charge is 2.24. The van der Waals surface area contributed by atoms with Crippen molar-refractivity contribution in [3.63, 3.8) is 0 Å². The summed E-state index contributed by atoms with van der Waals surface area (Å²) in [4.78, 5) is 10.8. The van der Waals surface area contributed by atoms with E-state index in [9.17, 15) is 0 Å². The van der Waals surface area contributed by atoms with Gasteiger partial charge in [-0.3, -0.25) is 4.90 Å². The average molecular weight is 271 g/mol. The number of nitrogens with zero attached hydrogens (tertiary/aromatic N) is 2. The lowest BCUT2D eigenvalue weighted by molar-refractivity contribution is 0.142. The molecule has 0 saturated heterocycles. The molecule has 1 aromatic carbocycles.